The number of carbonyl (C=O) groups excluding carboxylic acids is 1. The van der Waals surface area contributed by atoms with Crippen molar-refractivity contribution in [1.29, 1.82) is 0 Å². The van der Waals surface area contributed by atoms with Crippen molar-refractivity contribution in [2.24, 2.45) is 0 Å². The Kier molecular flexibility index (Phi) is 6.11. The minimum absolute atomic E-state index is 0.0184. The summed E-state index contributed by atoms with van der Waals surface area (Å²) < 4.78 is 23.8. The van der Waals surface area contributed by atoms with E-state index >= 15 is 0 Å². The van der Waals surface area contributed by atoms with Crippen molar-refractivity contribution < 1.29 is 23.1 Å². The van der Waals surface area contributed by atoms with Crippen LogP contribution in [-0.2, 0) is 21.2 Å². The molecule has 0 saturated heterocycles. The number of imidazole rings is 1. The van der Waals surface area contributed by atoms with Crippen LogP contribution in [0.4, 0.5) is 4.79 Å². The van der Waals surface area contributed by atoms with Crippen LogP contribution in [-0.4, -0.2) is 60.9 Å². The quantitative estimate of drug-likeness (QED) is 0.358. The highest BCUT2D eigenvalue weighted by molar-refractivity contribution is 7.88. The van der Waals surface area contributed by atoms with Crippen LogP contribution >= 0.6 is 0 Å². The molecule has 1 atom stereocenters. The Morgan fingerprint density at radius 2 is 2.14 bits per heavy atom. The number of aromatic nitrogens is 2. The number of carboxylic acid groups (broad SMARTS) is 1. The SMILES string of the molecule is CS(=O)(=O)NCCNC(=O)N[C@H](Cc1cnc[nH]1)C(=O)O. The summed E-state index contributed by atoms with van der Waals surface area (Å²) in [6.45, 7) is 0.0554. The number of aromatic amines is 1. The maximum Gasteiger partial charge on any atom is 0.326 e. The highest BCUT2D eigenvalue weighted by Gasteiger charge is 2.20. The van der Waals surface area contributed by atoms with Gasteiger partial charge in [0.15, 0.2) is 0 Å². The number of hydrogen-bond acceptors (Lipinski definition) is 5. The molecule has 1 aromatic rings. The zero-order chi connectivity index (χ0) is 15.9. The van der Waals surface area contributed by atoms with Gasteiger partial charge in [0.1, 0.15) is 6.04 Å². The second kappa shape index (κ2) is 7.59. The largest absolute Gasteiger partial charge is 0.480 e. The van der Waals surface area contributed by atoms with Crippen LogP contribution in [0.3, 0.4) is 0 Å². The molecule has 0 radical (unpaired) electrons. The van der Waals surface area contributed by atoms with Crippen molar-refractivity contribution in [2.45, 2.75) is 12.5 Å². The van der Waals surface area contributed by atoms with Gasteiger partial charge in [0.05, 0.1) is 12.6 Å². The van der Waals surface area contributed by atoms with Crippen LogP contribution < -0.4 is 15.4 Å². The lowest BCUT2D eigenvalue weighted by molar-refractivity contribution is -0.139. The molecule has 0 fully saturated rings. The molecule has 0 bridgehead atoms. The summed E-state index contributed by atoms with van der Waals surface area (Å²) in [4.78, 5) is 29.1. The average Bonchev–Trinajstić information content (AvgIpc) is 2.85. The number of rotatable bonds is 8. The average molecular weight is 319 g/mol. The van der Waals surface area contributed by atoms with E-state index in [1.165, 1.54) is 12.5 Å². The van der Waals surface area contributed by atoms with Crippen molar-refractivity contribution in [1.82, 2.24) is 25.3 Å². The first kappa shape index (κ1) is 16.9. The molecule has 5 N–H and O–H groups in total. The number of carboxylic acids is 1. The van der Waals surface area contributed by atoms with Crippen LogP contribution in [0.15, 0.2) is 12.5 Å². The van der Waals surface area contributed by atoms with Gasteiger partial charge in [-0.1, -0.05) is 0 Å². The van der Waals surface area contributed by atoms with E-state index in [9.17, 15) is 18.0 Å². The van der Waals surface area contributed by atoms with E-state index in [1.807, 2.05) is 0 Å². The van der Waals surface area contributed by atoms with Gasteiger partial charge < -0.3 is 20.7 Å². The second-order valence-electron chi connectivity index (χ2n) is 4.24. The zero-order valence-corrected chi connectivity index (χ0v) is 12.1. The minimum Gasteiger partial charge on any atom is -0.480 e. The number of hydrogen-bond donors (Lipinski definition) is 5. The molecule has 1 aromatic heterocycles. The van der Waals surface area contributed by atoms with E-state index in [2.05, 4.69) is 25.3 Å². The first-order chi connectivity index (χ1) is 9.78. The zero-order valence-electron chi connectivity index (χ0n) is 11.3. The fraction of sp³-hybridized carbons (Fsp3) is 0.500. The number of carbonyl (C=O) groups is 2. The molecule has 118 valence electrons. The third kappa shape index (κ3) is 7.27. The highest BCUT2D eigenvalue weighted by atomic mass is 32.2. The standard InChI is InChI=1S/C10H17N5O5S/c1-21(19,20)14-3-2-12-10(18)15-8(9(16)17)4-7-5-11-6-13-7/h5-6,8,14H,2-4H2,1H3,(H,11,13)(H,16,17)(H2,12,15,18)/t8-/m1/s1. The van der Waals surface area contributed by atoms with Gasteiger partial charge in [-0.3, -0.25) is 0 Å². The van der Waals surface area contributed by atoms with Crippen molar-refractivity contribution in [3.05, 3.63) is 18.2 Å². The van der Waals surface area contributed by atoms with E-state index in [4.69, 9.17) is 5.11 Å². The minimum atomic E-state index is -3.32. The van der Waals surface area contributed by atoms with Crippen molar-refractivity contribution >= 4 is 22.0 Å². The Bertz CT molecular complexity index is 571. The molecule has 0 spiro atoms. The molecule has 0 saturated carbocycles. The summed E-state index contributed by atoms with van der Waals surface area (Å²) in [5.74, 6) is -1.19. The molecular weight excluding hydrogens is 302 g/mol. The molecular formula is C10H17N5O5S. The fourth-order valence-electron chi connectivity index (χ4n) is 1.44. The maximum atomic E-state index is 11.5. The number of nitrogens with one attached hydrogen (secondary N) is 4. The first-order valence-corrected chi connectivity index (χ1v) is 7.86. The monoisotopic (exact) mass is 319 g/mol. The number of aliphatic carboxylic acids is 1. The Labute approximate surface area is 121 Å². The van der Waals surface area contributed by atoms with E-state index in [-0.39, 0.29) is 19.5 Å². The number of nitrogens with zero attached hydrogens (tertiary/aromatic N) is 1. The number of sulfonamides is 1. The lowest BCUT2D eigenvalue weighted by Gasteiger charge is -2.14. The summed E-state index contributed by atoms with van der Waals surface area (Å²) in [6.07, 6.45) is 3.93. The van der Waals surface area contributed by atoms with Gasteiger partial charge in [0.25, 0.3) is 0 Å². The summed E-state index contributed by atoms with van der Waals surface area (Å²) in [6, 6.07) is -1.81. The van der Waals surface area contributed by atoms with Gasteiger partial charge >= 0.3 is 12.0 Å². The molecule has 21 heavy (non-hydrogen) atoms. The predicted octanol–water partition coefficient (Wildman–Crippen LogP) is -1.75. The molecule has 1 rings (SSSR count). The molecule has 0 aliphatic carbocycles. The van der Waals surface area contributed by atoms with Crippen LogP contribution in [0, 0.1) is 0 Å². The van der Waals surface area contributed by atoms with E-state index in [0.29, 0.717) is 5.69 Å². The molecule has 2 amide bonds. The lowest BCUT2D eigenvalue weighted by atomic mass is 10.2. The molecule has 0 unspecified atom stereocenters. The highest BCUT2D eigenvalue weighted by Crippen LogP contribution is 1.98. The molecule has 0 aliphatic rings. The Balaban J connectivity index is 2.37. The number of H-pyrrole nitrogens is 1. The van der Waals surface area contributed by atoms with Gasteiger partial charge in [0, 0.05) is 31.4 Å². The van der Waals surface area contributed by atoms with Crippen LogP contribution in [0.25, 0.3) is 0 Å². The third-order valence-corrected chi connectivity index (χ3v) is 3.09. The summed E-state index contributed by atoms with van der Waals surface area (Å²) in [7, 11) is -3.32. The summed E-state index contributed by atoms with van der Waals surface area (Å²) >= 11 is 0. The predicted molar refractivity (Wildman–Crippen MR) is 73.1 cm³/mol. The molecule has 1 heterocycles. The summed E-state index contributed by atoms with van der Waals surface area (Å²) in [5, 5.41) is 13.7. The molecule has 0 aromatic carbocycles. The Morgan fingerprint density at radius 1 is 1.43 bits per heavy atom. The normalized spacial score (nSPS) is 12.6. The van der Waals surface area contributed by atoms with Crippen LogP contribution in [0.2, 0.25) is 0 Å². The Hall–Kier alpha value is -2.14. The molecule has 10 nitrogen and oxygen atoms in total. The fourth-order valence-corrected chi connectivity index (χ4v) is 1.91. The van der Waals surface area contributed by atoms with E-state index < -0.39 is 28.1 Å². The maximum absolute atomic E-state index is 11.5. The van der Waals surface area contributed by atoms with Gasteiger partial charge in [-0.25, -0.2) is 27.7 Å². The molecule has 0 aliphatic heterocycles. The number of urea groups is 1. The lowest BCUT2D eigenvalue weighted by Crippen LogP contribution is -2.48. The third-order valence-electron chi connectivity index (χ3n) is 2.36. The first-order valence-electron chi connectivity index (χ1n) is 5.97. The Morgan fingerprint density at radius 3 is 2.67 bits per heavy atom. The van der Waals surface area contributed by atoms with Gasteiger partial charge in [-0.15, -0.1) is 0 Å². The van der Waals surface area contributed by atoms with Gasteiger partial charge in [0.2, 0.25) is 10.0 Å². The van der Waals surface area contributed by atoms with Crippen LogP contribution in [0.1, 0.15) is 5.69 Å². The summed E-state index contributed by atoms with van der Waals surface area (Å²) in [5.41, 5.74) is 0.571. The van der Waals surface area contributed by atoms with E-state index in [0.717, 1.165) is 6.26 Å². The number of amides is 2. The van der Waals surface area contributed by atoms with Crippen LogP contribution in [0.5, 0.6) is 0 Å². The topological polar surface area (TPSA) is 153 Å². The van der Waals surface area contributed by atoms with Crippen molar-refractivity contribution in [3.8, 4) is 0 Å². The molecule has 11 heteroatoms. The second-order valence-corrected chi connectivity index (χ2v) is 6.07. The van der Waals surface area contributed by atoms with Crippen molar-refractivity contribution in [3.63, 3.8) is 0 Å². The van der Waals surface area contributed by atoms with Gasteiger partial charge in [-0.05, 0) is 0 Å². The van der Waals surface area contributed by atoms with Gasteiger partial charge in [-0.2, -0.15) is 0 Å². The smallest absolute Gasteiger partial charge is 0.326 e. The van der Waals surface area contributed by atoms with E-state index in [1.54, 1.807) is 0 Å². The van der Waals surface area contributed by atoms with Crippen molar-refractivity contribution in [2.75, 3.05) is 19.3 Å².